The monoisotopic (exact) mass is 664 g/mol. The molecule has 0 bridgehead atoms. The third kappa shape index (κ3) is 49.2. The van der Waals surface area contributed by atoms with Crippen LogP contribution in [0.4, 0.5) is 0 Å². The maximum atomic E-state index is 7.50. The van der Waals surface area contributed by atoms with Crippen molar-refractivity contribution in [1.82, 2.24) is 0 Å². The van der Waals surface area contributed by atoms with E-state index < -0.39 is 0 Å². The Morgan fingerprint density at radius 2 is 0.677 bits per heavy atom. The standard InChI is InChI=1S/2C6H15P.2C5H5.2CO.2Fe.Te/c2*1-4-7(5-2)6-3;2*1-2-4-5-3-1;2*1-2;;;/h2*4-6H2,1-3H3;2*1-5H;;;;;/q;;2*-1;;;;;. The molecule has 0 aliphatic rings. The fourth-order valence-electron chi connectivity index (χ4n) is 1.98. The van der Waals surface area contributed by atoms with Crippen LogP contribution in [0.1, 0.15) is 41.5 Å². The summed E-state index contributed by atoms with van der Waals surface area (Å²) in [5.74, 6) is 0. The second kappa shape index (κ2) is 52.7. The summed E-state index contributed by atoms with van der Waals surface area (Å²) in [6.45, 7) is 22.7. The molecule has 0 atom stereocenters. The van der Waals surface area contributed by atoms with Crippen LogP contribution >= 0.6 is 15.8 Å². The van der Waals surface area contributed by atoms with Crippen molar-refractivity contribution >= 4 is 39.5 Å². The third-order valence-corrected chi connectivity index (χ3v) is 9.16. The molecular weight excluding hydrogens is 621 g/mol. The molecule has 0 spiro atoms. The van der Waals surface area contributed by atoms with Crippen molar-refractivity contribution in [3.63, 3.8) is 0 Å². The first-order valence-corrected chi connectivity index (χ1v) is 13.7. The van der Waals surface area contributed by atoms with Gasteiger partial charge in [0.05, 0.1) is 0 Å². The maximum absolute atomic E-state index is 7.50. The molecule has 0 heterocycles. The molecule has 2 rings (SSSR count). The molecule has 2 nitrogen and oxygen atoms in total. The summed E-state index contributed by atoms with van der Waals surface area (Å²) in [6.07, 6.45) is 8.51. The molecule has 2 radical (unpaired) electrons. The van der Waals surface area contributed by atoms with Crippen LogP contribution in [0.2, 0.25) is 0 Å². The van der Waals surface area contributed by atoms with E-state index in [1.807, 2.05) is 60.7 Å². The Morgan fingerprint density at radius 1 is 0.516 bits per heavy atom. The molecule has 0 saturated carbocycles. The molecule has 0 aromatic heterocycles. The zero-order chi connectivity index (χ0) is 22.5. The average molecular weight is 662 g/mol. The molecule has 0 fully saturated rings. The Balaban J connectivity index is -0.0000000458. The zero-order valence-corrected chi connectivity index (χ0v) is 26.2. The van der Waals surface area contributed by atoms with Crippen molar-refractivity contribution in [1.29, 1.82) is 0 Å². The maximum Gasteiger partial charge on any atom is 0 e. The molecule has 0 N–H and O–H groups in total. The third-order valence-electron chi connectivity index (χ3n) is 3.79. The molecule has 0 aliphatic carbocycles. The van der Waals surface area contributed by atoms with E-state index in [0.717, 1.165) is 0 Å². The normalized spacial score (nSPS) is 7.35. The molecule has 0 saturated heterocycles. The van der Waals surface area contributed by atoms with E-state index in [1.54, 1.807) is 0 Å². The first-order valence-electron chi connectivity index (χ1n) is 9.88. The van der Waals surface area contributed by atoms with E-state index in [1.165, 1.54) is 37.0 Å². The Hall–Kier alpha value is 0.869. The summed E-state index contributed by atoms with van der Waals surface area (Å²) >= 11 is 0. The van der Waals surface area contributed by atoms with E-state index in [2.05, 4.69) is 54.8 Å². The van der Waals surface area contributed by atoms with E-state index in [9.17, 15) is 0 Å². The van der Waals surface area contributed by atoms with E-state index in [-0.39, 0.29) is 57.8 Å². The minimum Gasteiger partial charge on any atom is -0.214 e. The molecule has 31 heavy (non-hydrogen) atoms. The molecule has 2 aromatic carbocycles. The van der Waals surface area contributed by atoms with Crippen molar-refractivity contribution in [2.45, 2.75) is 41.5 Å². The summed E-state index contributed by atoms with van der Waals surface area (Å²) in [6, 6.07) is 20.0. The number of rotatable bonds is 6. The largest absolute Gasteiger partial charge is 0.214 e. The first kappa shape index (κ1) is 49.1. The van der Waals surface area contributed by atoms with E-state index in [0.29, 0.717) is 15.8 Å². The van der Waals surface area contributed by atoms with Gasteiger partial charge in [-0.2, -0.15) is 36.4 Å². The summed E-state index contributed by atoms with van der Waals surface area (Å²) in [5, 5.41) is 0. The van der Waals surface area contributed by atoms with Crippen molar-refractivity contribution < 1.29 is 43.4 Å². The van der Waals surface area contributed by atoms with Gasteiger partial charge in [0.1, 0.15) is 0 Å². The van der Waals surface area contributed by atoms with Crippen molar-refractivity contribution in [2.24, 2.45) is 0 Å². The molecule has 0 aliphatic heterocycles. The average Bonchev–Trinajstić information content (AvgIpc) is 3.53. The molecular formula is C24H40Fe2O2P2Te-2. The van der Waals surface area contributed by atoms with Gasteiger partial charge in [-0.15, -0.1) is 15.8 Å². The van der Waals surface area contributed by atoms with E-state index in [4.69, 9.17) is 9.30 Å². The first-order chi connectivity index (χ1) is 13.7. The van der Waals surface area contributed by atoms with Crippen LogP contribution in [-0.4, -0.2) is 60.6 Å². The number of hydrogen-bond acceptors (Lipinski definition) is 0. The minimum absolute atomic E-state index is 0. The van der Waals surface area contributed by atoms with Crippen LogP contribution in [0, 0.1) is 13.3 Å². The SMILES string of the molecule is CCP(CC)CC.CCP(CC)CC.[C-]#[O+].[C-]#[O+].[Fe].[Fe].[Te].c1cc[cH-]c1.c1cc[cH-]c1. The van der Waals surface area contributed by atoms with Gasteiger partial charge in [-0.25, -0.2) is 24.3 Å². The van der Waals surface area contributed by atoms with Gasteiger partial charge in [0, 0.05) is 57.8 Å². The van der Waals surface area contributed by atoms with Crippen LogP contribution in [0.3, 0.4) is 0 Å². The second-order valence-electron chi connectivity index (χ2n) is 5.16. The van der Waals surface area contributed by atoms with Gasteiger partial charge in [0.2, 0.25) is 0 Å². The van der Waals surface area contributed by atoms with Crippen LogP contribution in [0.15, 0.2) is 60.7 Å². The van der Waals surface area contributed by atoms with Gasteiger partial charge in [-0.3, -0.25) is 0 Å². The summed E-state index contributed by atoms with van der Waals surface area (Å²) < 4.78 is 15.0. The van der Waals surface area contributed by atoms with Gasteiger partial charge in [-0.05, 0) is 37.0 Å². The number of hydrogen-bond donors (Lipinski definition) is 0. The molecule has 0 unspecified atom stereocenters. The van der Waals surface area contributed by atoms with Gasteiger partial charge in [-0.1, -0.05) is 41.5 Å². The molecule has 2 aromatic rings. The molecule has 0 amide bonds. The molecule has 7 heteroatoms. The fourth-order valence-corrected chi connectivity index (χ4v) is 4.67. The fraction of sp³-hybridized carbons (Fsp3) is 0.500. The summed E-state index contributed by atoms with van der Waals surface area (Å²) in [4.78, 5) is 0. The van der Waals surface area contributed by atoms with Gasteiger partial charge >= 0.3 is 22.6 Å². The minimum atomic E-state index is 0. The Morgan fingerprint density at radius 3 is 0.710 bits per heavy atom. The quantitative estimate of drug-likeness (QED) is 0.134. The van der Waals surface area contributed by atoms with Crippen molar-refractivity contribution in [2.75, 3.05) is 37.0 Å². The Bertz CT molecular complexity index is 367. The van der Waals surface area contributed by atoms with Crippen LogP contribution in [-0.2, 0) is 43.4 Å². The van der Waals surface area contributed by atoms with Gasteiger partial charge < -0.3 is 0 Å². The van der Waals surface area contributed by atoms with Crippen molar-refractivity contribution in [3.05, 3.63) is 74.0 Å². The van der Waals surface area contributed by atoms with Gasteiger partial charge in [0.15, 0.2) is 0 Å². The Kier molecular flexibility index (Phi) is 83.4. The smallest absolute Gasteiger partial charge is 0 e. The van der Waals surface area contributed by atoms with Crippen LogP contribution in [0.25, 0.3) is 0 Å². The zero-order valence-electron chi connectivity index (χ0n) is 19.8. The topological polar surface area (TPSA) is 39.8 Å². The Labute approximate surface area is 233 Å². The van der Waals surface area contributed by atoms with Crippen LogP contribution < -0.4 is 0 Å². The van der Waals surface area contributed by atoms with E-state index >= 15 is 0 Å². The van der Waals surface area contributed by atoms with Gasteiger partial charge in [0.25, 0.3) is 0 Å². The second-order valence-corrected chi connectivity index (χ2v) is 11.6. The van der Waals surface area contributed by atoms with Crippen molar-refractivity contribution in [3.8, 4) is 0 Å². The van der Waals surface area contributed by atoms with Crippen LogP contribution in [0.5, 0.6) is 0 Å². The molecule has 182 valence electrons. The summed E-state index contributed by atoms with van der Waals surface area (Å²) in [7, 11) is 0.892. The summed E-state index contributed by atoms with van der Waals surface area (Å²) in [5.41, 5.74) is 0. The predicted molar refractivity (Wildman–Crippen MR) is 135 cm³/mol. The predicted octanol–water partition coefficient (Wildman–Crippen LogP) is 7.41.